The summed E-state index contributed by atoms with van der Waals surface area (Å²) in [6, 6.07) is 14.7. The van der Waals surface area contributed by atoms with Gasteiger partial charge in [-0.2, -0.15) is 0 Å². The van der Waals surface area contributed by atoms with E-state index in [2.05, 4.69) is 44.8 Å². The fourth-order valence-electron chi connectivity index (χ4n) is 3.50. The Balaban J connectivity index is 1.51. The maximum Gasteiger partial charge on any atom is 0.191 e. The topological polar surface area (TPSA) is 58.1 Å². The number of hydrogen-bond acceptors (Lipinski definition) is 4. The quantitative estimate of drug-likeness (QED) is 0.475. The molecule has 1 aliphatic heterocycles. The highest BCUT2D eigenvalue weighted by Crippen LogP contribution is 2.15. The third-order valence-corrected chi connectivity index (χ3v) is 5.34. The van der Waals surface area contributed by atoms with Crippen LogP contribution < -0.4 is 15.4 Å². The molecule has 0 aliphatic carbocycles. The molecule has 31 heavy (non-hydrogen) atoms. The van der Waals surface area contributed by atoms with Gasteiger partial charge < -0.3 is 20.1 Å². The van der Waals surface area contributed by atoms with Crippen LogP contribution in [-0.4, -0.2) is 56.9 Å². The van der Waals surface area contributed by atoms with Gasteiger partial charge in [0.15, 0.2) is 5.96 Å². The highest BCUT2D eigenvalue weighted by molar-refractivity contribution is 5.79. The molecule has 1 saturated heterocycles. The number of nitrogens with one attached hydrogen (secondary N) is 2. The first-order valence-corrected chi connectivity index (χ1v) is 10.9. The van der Waals surface area contributed by atoms with Crippen LogP contribution in [0.25, 0.3) is 0 Å². The van der Waals surface area contributed by atoms with Crippen molar-refractivity contribution < 1.29 is 13.9 Å². The molecule has 1 atom stereocenters. The van der Waals surface area contributed by atoms with Crippen molar-refractivity contribution >= 4 is 5.96 Å². The lowest BCUT2D eigenvalue weighted by Gasteiger charge is -2.27. The van der Waals surface area contributed by atoms with Crippen molar-refractivity contribution in [3.8, 4) is 5.75 Å². The number of hydrogen-bond donors (Lipinski definition) is 2. The van der Waals surface area contributed by atoms with Crippen LogP contribution in [0.15, 0.2) is 53.5 Å². The Labute approximate surface area is 184 Å². The second-order valence-electron chi connectivity index (χ2n) is 7.57. The molecular formula is C24H33FN4O2. The third-order valence-electron chi connectivity index (χ3n) is 5.34. The van der Waals surface area contributed by atoms with Gasteiger partial charge in [-0.05, 0) is 29.7 Å². The average Bonchev–Trinajstić information content (AvgIpc) is 2.80. The minimum absolute atomic E-state index is 0.0889. The van der Waals surface area contributed by atoms with Gasteiger partial charge in [0.1, 0.15) is 17.7 Å². The van der Waals surface area contributed by atoms with E-state index < -0.39 is 0 Å². The number of benzene rings is 2. The number of ether oxygens (including phenoxy) is 2. The second-order valence-corrected chi connectivity index (χ2v) is 7.57. The zero-order chi connectivity index (χ0) is 21.9. The molecule has 7 heteroatoms. The van der Waals surface area contributed by atoms with Crippen LogP contribution in [0.5, 0.6) is 5.75 Å². The van der Waals surface area contributed by atoms with Crippen LogP contribution in [0.2, 0.25) is 0 Å². The van der Waals surface area contributed by atoms with E-state index in [1.165, 1.54) is 23.3 Å². The number of morpholine rings is 1. The van der Waals surface area contributed by atoms with Crippen LogP contribution in [0.3, 0.4) is 0 Å². The first kappa shape index (κ1) is 23.0. The molecule has 1 heterocycles. The van der Waals surface area contributed by atoms with Crippen LogP contribution in [0.1, 0.15) is 24.5 Å². The molecule has 2 N–H and O–H groups in total. The van der Waals surface area contributed by atoms with Crippen molar-refractivity contribution in [2.45, 2.75) is 32.5 Å². The molecule has 1 fully saturated rings. The van der Waals surface area contributed by atoms with Crippen molar-refractivity contribution in [1.82, 2.24) is 15.5 Å². The summed E-state index contributed by atoms with van der Waals surface area (Å²) >= 11 is 0. The molecule has 168 valence electrons. The Morgan fingerprint density at radius 1 is 1.13 bits per heavy atom. The Hall–Kier alpha value is -2.64. The number of rotatable bonds is 9. The predicted molar refractivity (Wildman–Crippen MR) is 122 cm³/mol. The van der Waals surface area contributed by atoms with Crippen molar-refractivity contribution in [3.05, 3.63) is 65.5 Å². The molecule has 0 bridgehead atoms. The van der Waals surface area contributed by atoms with Crippen LogP contribution in [0, 0.1) is 5.82 Å². The summed E-state index contributed by atoms with van der Waals surface area (Å²) in [5, 5.41) is 6.72. The highest BCUT2D eigenvalue weighted by Gasteiger charge is 2.13. The van der Waals surface area contributed by atoms with E-state index in [0.29, 0.717) is 24.8 Å². The zero-order valence-corrected chi connectivity index (χ0v) is 18.4. The largest absolute Gasteiger partial charge is 0.489 e. The van der Waals surface area contributed by atoms with Crippen LogP contribution >= 0.6 is 0 Å². The summed E-state index contributed by atoms with van der Waals surface area (Å²) in [6.45, 7) is 7.75. The van der Waals surface area contributed by atoms with Gasteiger partial charge in [-0.15, -0.1) is 0 Å². The fraction of sp³-hybridized carbons (Fsp3) is 0.458. The molecule has 0 saturated carbocycles. The van der Waals surface area contributed by atoms with Gasteiger partial charge in [0, 0.05) is 39.3 Å². The number of halogens is 1. The Morgan fingerprint density at radius 2 is 1.90 bits per heavy atom. The summed E-state index contributed by atoms with van der Waals surface area (Å²) in [6.07, 6.45) is 0.706. The summed E-state index contributed by atoms with van der Waals surface area (Å²) < 4.78 is 24.8. The van der Waals surface area contributed by atoms with Gasteiger partial charge in [-0.3, -0.25) is 9.89 Å². The molecule has 0 spiro atoms. The van der Waals surface area contributed by atoms with E-state index in [0.717, 1.165) is 39.3 Å². The van der Waals surface area contributed by atoms with E-state index in [1.54, 1.807) is 19.2 Å². The van der Waals surface area contributed by atoms with Crippen LogP contribution in [-0.2, 0) is 17.8 Å². The van der Waals surface area contributed by atoms with E-state index in [9.17, 15) is 4.39 Å². The first-order valence-electron chi connectivity index (χ1n) is 10.9. The SMILES string of the molecule is CCC(CNC(=NC)NCc1ccccc1CN1CCOCC1)Oc1cccc(F)c1. The number of guanidine groups is 1. The summed E-state index contributed by atoms with van der Waals surface area (Å²) in [4.78, 5) is 6.75. The van der Waals surface area contributed by atoms with Gasteiger partial charge in [0.2, 0.25) is 0 Å². The maximum absolute atomic E-state index is 13.4. The number of aliphatic imine (C=N–C) groups is 1. The molecule has 0 aromatic heterocycles. The normalized spacial score (nSPS) is 16.0. The van der Waals surface area contributed by atoms with Gasteiger partial charge in [-0.25, -0.2) is 4.39 Å². The van der Waals surface area contributed by atoms with Crippen molar-refractivity contribution in [1.29, 1.82) is 0 Å². The minimum atomic E-state index is -0.298. The summed E-state index contributed by atoms with van der Waals surface area (Å²) in [5.41, 5.74) is 2.56. The number of nitrogens with zero attached hydrogens (tertiary/aromatic N) is 2. The summed E-state index contributed by atoms with van der Waals surface area (Å²) in [5.74, 6) is 0.949. The Kier molecular flexibility index (Phi) is 9.12. The fourth-order valence-corrected chi connectivity index (χ4v) is 3.50. The smallest absolute Gasteiger partial charge is 0.191 e. The lowest BCUT2D eigenvalue weighted by atomic mass is 10.1. The van der Waals surface area contributed by atoms with Crippen molar-refractivity contribution in [3.63, 3.8) is 0 Å². The minimum Gasteiger partial charge on any atom is -0.489 e. The maximum atomic E-state index is 13.4. The molecule has 0 radical (unpaired) electrons. The molecule has 1 unspecified atom stereocenters. The molecule has 1 aliphatic rings. The lowest BCUT2D eigenvalue weighted by Crippen LogP contribution is -2.42. The zero-order valence-electron chi connectivity index (χ0n) is 18.4. The predicted octanol–water partition coefficient (Wildman–Crippen LogP) is 3.18. The summed E-state index contributed by atoms with van der Waals surface area (Å²) in [7, 11) is 1.75. The van der Waals surface area contributed by atoms with E-state index in [4.69, 9.17) is 9.47 Å². The third kappa shape index (κ3) is 7.52. The first-order chi connectivity index (χ1) is 15.2. The Morgan fingerprint density at radius 3 is 2.61 bits per heavy atom. The lowest BCUT2D eigenvalue weighted by molar-refractivity contribution is 0.0341. The molecule has 3 rings (SSSR count). The standard InChI is InChI=1S/C24H33FN4O2/c1-3-22(31-23-10-6-9-21(25)15-23)17-28-24(26-2)27-16-19-7-4-5-8-20(19)18-29-11-13-30-14-12-29/h4-10,15,22H,3,11-14,16-18H2,1-2H3,(H2,26,27,28). The van der Waals surface area contributed by atoms with Gasteiger partial charge in [-0.1, -0.05) is 37.3 Å². The highest BCUT2D eigenvalue weighted by atomic mass is 19.1. The van der Waals surface area contributed by atoms with Crippen molar-refractivity contribution in [2.75, 3.05) is 39.9 Å². The van der Waals surface area contributed by atoms with E-state index in [-0.39, 0.29) is 11.9 Å². The second kappa shape index (κ2) is 12.3. The molecule has 2 aromatic carbocycles. The Bertz CT molecular complexity index is 840. The van der Waals surface area contributed by atoms with Gasteiger partial charge in [0.05, 0.1) is 19.8 Å². The average molecular weight is 429 g/mol. The van der Waals surface area contributed by atoms with Crippen LogP contribution in [0.4, 0.5) is 4.39 Å². The van der Waals surface area contributed by atoms with E-state index in [1.807, 2.05) is 6.92 Å². The van der Waals surface area contributed by atoms with Crippen molar-refractivity contribution in [2.24, 2.45) is 4.99 Å². The van der Waals surface area contributed by atoms with E-state index >= 15 is 0 Å². The van der Waals surface area contributed by atoms with Gasteiger partial charge in [0.25, 0.3) is 0 Å². The monoisotopic (exact) mass is 428 g/mol. The molecule has 0 amide bonds. The molecule has 6 nitrogen and oxygen atoms in total. The molecule has 2 aromatic rings. The van der Waals surface area contributed by atoms with Gasteiger partial charge >= 0.3 is 0 Å². The molecular weight excluding hydrogens is 395 g/mol.